The Morgan fingerprint density at radius 3 is 2.22 bits per heavy atom. The fourth-order valence-corrected chi connectivity index (χ4v) is 3.23. The number of aromatic nitrogens is 2. The normalized spacial score (nSPS) is 13.5. The van der Waals surface area contributed by atoms with Crippen LogP contribution in [0.25, 0.3) is 0 Å². The van der Waals surface area contributed by atoms with Crippen molar-refractivity contribution in [3.63, 3.8) is 0 Å². The zero-order chi connectivity index (χ0) is 22.5. The van der Waals surface area contributed by atoms with Crippen molar-refractivity contribution >= 4 is 34.9 Å². The number of aryl methyl sites for hydroxylation is 1. The van der Waals surface area contributed by atoms with E-state index in [9.17, 15) is 13.6 Å². The number of anilines is 5. The van der Waals surface area contributed by atoms with E-state index in [0.717, 1.165) is 42.7 Å². The predicted octanol–water partition coefficient (Wildman–Crippen LogP) is 4.29. The molecule has 2 amide bonds. The Balaban J connectivity index is 1.38. The molecule has 0 atom stereocenters. The summed E-state index contributed by atoms with van der Waals surface area (Å²) in [4.78, 5) is 23.3. The van der Waals surface area contributed by atoms with Crippen LogP contribution in [0.4, 0.5) is 42.4 Å². The quantitative estimate of drug-likeness (QED) is 0.548. The molecule has 166 valence electrons. The summed E-state index contributed by atoms with van der Waals surface area (Å²) in [6, 6.07) is 11.0. The van der Waals surface area contributed by atoms with Crippen molar-refractivity contribution in [3.8, 4) is 0 Å². The lowest BCUT2D eigenvalue weighted by Gasteiger charge is -2.27. The van der Waals surface area contributed by atoms with Gasteiger partial charge >= 0.3 is 6.03 Å². The summed E-state index contributed by atoms with van der Waals surface area (Å²) in [5.41, 5.74) is 2.15. The molecule has 0 spiro atoms. The van der Waals surface area contributed by atoms with Crippen molar-refractivity contribution in [3.05, 3.63) is 65.9 Å². The number of hydrogen-bond acceptors (Lipinski definition) is 6. The summed E-state index contributed by atoms with van der Waals surface area (Å²) in [6.45, 7) is 4.70. The molecule has 1 aromatic heterocycles. The fraction of sp³-hybridized carbons (Fsp3) is 0.227. The van der Waals surface area contributed by atoms with Crippen LogP contribution < -0.4 is 20.9 Å². The second-order valence-electron chi connectivity index (χ2n) is 7.23. The Morgan fingerprint density at radius 2 is 1.53 bits per heavy atom. The number of nitrogens with one attached hydrogen (secondary N) is 3. The molecule has 1 saturated heterocycles. The molecule has 3 N–H and O–H groups in total. The molecule has 3 aromatic rings. The van der Waals surface area contributed by atoms with E-state index in [1.807, 2.05) is 13.0 Å². The topological polar surface area (TPSA) is 91.4 Å². The van der Waals surface area contributed by atoms with Gasteiger partial charge in [0, 0.05) is 48.0 Å². The van der Waals surface area contributed by atoms with E-state index in [4.69, 9.17) is 4.74 Å². The molecular formula is C22H22F2N6O2. The van der Waals surface area contributed by atoms with Crippen LogP contribution in [0.3, 0.4) is 0 Å². The second-order valence-corrected chi connectivity index (χ2v) is 7.23. The molecule has 0 saturated carbocycles. The first-order chi connectivity index (χ1) is 15.4. The van der Waals surface area contributed by atoms with Gasteiger partial charge in [-0.05, 0) is 43.3 Å². The van der Waals surface area contributed by atoms with E-state index >= 15 is 0 Å². The highest BCUT2D eigenvalue weighted by Gasteiger charge is 2.15. The molecular weight excluding hydrogens is 418 g/mol. The van der Waals surface area contributed by atoms with Gasteiger partial charge in [-0.25, -0.2) is 18.6 Å². The highest BCUT2D eigenvalue weighted by molar-refractivity contribution is 5.99. The molecule has 2 heterocycles. The van der Waals surface area contributed by atoms with E-state index in [2.05, 4.69) is 30.8 Å². The number of hydrogen-bond donors (Lipinski definition) is 3. The molecule has 1 fully saturated rings. The van der Waals surface area contributed by atoms with Crippen LogP contribution in [0.15, 0.2) is 48.5 Å². The molecule has 1 aliphatic rings. The summed E-state index contributed by atoms with van der Waals surface area (Å²) in [5, 5.41) is 8.25. The van der Waals surface area contributed by atoms with Crippen LogP contribution in [0.5, 0.6) is 0 Å². The van der Waals surface area contributed by atoms with Crippen molar-refractivity contribution in [2.24, 2.45) is 0 Å². The molecule has 2 aromatic carbocycles. The van der Waals surface area contributed by atoms with E-state index in [-0.39, 0.29) is 5.69 Å². The first-order valence-electron chi connectivity index (χ1n) is 10.0. The predicted molar refractivity (Wildman–Crippen MR) is 119 cm³/mol. The SMILES string of the molecule is Cc1cc(Nc2ccc(NC(=O)Nc3cc(F)cc(F)c3)cc2)nc(N2CCOCC2)n1. The minimum atomic E-state index is -0.771. The van der Waals surface area contributed by atoms with Crippen molar-refractivity contribution in [1.82, 2.24) is 9.97 Å². The largest absolute Gasteiger partial charge is 0.378 e. The van der Waals surface area contributed by atoms with Crippen LogP contribution in [-0.2, 0) is 4.74 Å². The maximum atomic E-state index is 13.2. The van der Waals surface area contributed by atoms with Gasteiger partial charge in [-0.1, -0.05) is 0 Å². The number of carbonyl (C=O) groups is 1. The highest BCUT2D eigenvalue weighted by atomic mass is 19.1. The number of urea groups is 1. The van der Waals surface area contributed by atoms with E-state index in [1.54, 1.807) is 24.3 Å². The Morgan fingerprint density at radius 1 is 0.906 bits per heavy atom. The zero-order valence-electron chi connectivity index (χ0n) is 17.4. The van der Waals surface area contributed by atoms with Crippen LogP contribution in [0.2, 0.25) is 0 Å². The Labute approximate surface area is 183 Å². The maximum absolute atomic E-state index is 13.2. The number of ether oxygens (including phenoxy) is 1. The third-order valence-corrected chi connectivity index (χ3v) is 4.67. The van der Waals surface area contributed by atoms with Crippen molar-refractivity contribution in [2.75, 3.05) is 47.2 Å². The number of amides is 2. The van der Waals surface area contributed by atoms with E-state index < -0.39 is 17.7 Å². The highest BCUT2D eigenvalue weighted by Crippen LogP contribution is 2.21. The standard InChI is InChI=1S/C22H22F2N6O2/c1-14-10-20(29-21(25-14)30-6-8-32-9-7-30)26-17-2-4-18(5-3-17)27-22(31)28-19-12-15(23)11-16(24)13-19/h2-5,10-13H,6-9H2,1H3,(H,25,26,29)(H2,27,28,31). The Hall–Kier alpha value is -3.79. The fourth-order valence-electron chi connectivity index (χ4n) is 3.23. The number of rotatable bonds is 5. The monoisotopic (exact) mass is 440 g/mol. The van der Waals surface area contributed by atoms with Crippen LogP contribution in [0.1, 0.15) is 5.69 Å². The summed E-state index contributed by atoms with van der Waals surface area (Å²) < 4.78 is 31.9. The van der Waals surface area contributed by atoms with Crippen LogP contribution in [-0.4, -0.2) is 42.3 Å². The minimum Gasteiger partial charge on any atom is -0.378 e. The third-order valence-electron chi connectivity index (χ3n) is 4.67. The van der Waals surface area contributed by atoms with Crippen molar-refractivity contribution < 1.29 is 18.3 Å². The van der Waals surface area contributed by atoms with Gasteiger partial charge in [0.2, 0.25) is 5.95 Å². The summed E-state index contributed by atoms with van der Waals surface area (Å²) in [5.74, 6) is -0.231. The van der Waals surface area contributed by atoms with Crippen molar-refractivity contribution in [1.29, 1.82) is 0 Å². The summed E-state index contributed by atoms with van der Waals surface area (Å²) >= 11 is 0. The molecule has 32 heavy (non-hydrogen) atoms. The van der Waals surface area contributed by atoms with Gasteiger partial charge in [0.15, 0.2) is 0 Å². The smallest absolute Gasteiger partial charge is 0.323 e. The van der Waals surface area contributed by atoms with E-state index in [1.165, 1.54) is 0 Å². The molecule has 0 radical (unpaired) electrons. The van der Waals surface area contributed by atoms with Gasteiger partial charge in [0.25, 0.3) is 0 Å². The molecule has 0 aliphatic carbocycles. The van der Waals surface area contributed by atoms with Crippen molar-refractivity contribution in [2.45, 2.75) is 6.92 Å². The number of benzene rings is 2. The van der Waals surface area contributed by atoms with Gasteiger partial charge in [0.1, 0.15) is 17.5 Å². The molecule has 8 nitrogen and oxygen atoms in total. The van der Waals surface area contributed by atoms with Gasteiger partial charge in [-0.2, -0.15) is 4.98 Å². The lowest BCUT2D eigenvalue weighted by Crippen LogP contribution is -2.37. The number of halogens is 2. The molecule has 1 aliphatic heterocycles. The molecule has 4 rings (SSSR count). The van der Waals surface area contributed by atoms with Gasteiger partial charge in [-0.15, -0.1) is 0 Å². The third kappa shape index (κ3) is 5.67. The van der Waals surface area contributed by atoms with Crippen LogP contribution in [0, 0.1) is 18.6 Å². The number of morpholine rings is 1. The number of nitrogens with zero attached hydrogens (tertiary/aromatic N) is 3. The average molecular weight is 440 g/mol. The summed E-state index contributed by atoms with van der Waals surface area (Å²) in [6.07, 6.45) is 0. The van der Waals surface area contributed by atoms with Gasteiger partial charge in [0.05, 0.1) is 13.2 Å². The zero-order valence-corrected chi connectivity index (χ0v) is 17.4. The second kappa shape index (κ2) is 9.56. The Bertz CT molecular complexity index is 1080. The lowest BCUT2D eigenvalue weighted by atomic mass is 10.2. The summed E-state index contributed by atoms with van der Waals surface area (Å²) in [7, 11) is 0. The molecule has 10 heteroatoms. The molecule has 0 unspecified atom stereocenters. The molecule has 0 bridgehead atoms. The van der Waals surface area contributed by atoms with Gasteiger partial charge < -0.3 is 25.6 Å². The number of carbonyl (C=O) groups excluding carboxylic acids is 1. The lowest BCUT2D eigenvalue weighted by molar-refractivity contribution is 0.122. The first kappa shape index (κ1) is 21.4. The average Bonchev–Trinajstić information content (AvgIpc) is 2.74. The maximum Gasteiger partial charge on any atom is 0.323 e. The Kier molecular flexibility index (Phi) is 6.41. The minimum absolute atomic E-state index is 0.0218. The first-order valence-corrected chi connectivity index (χ1v) is 10.0. The van der Waals surface area contributed by atoms with Crippen LogP contribution >= 0.6 is 0 Å². The van der Waals surface area contributed by atoms with Gasteiger partial charge in [-0.3, -0.25) is 0 Å². The van der Waals surface area contributed by atoms with E-state index in [0.29, 0.717) is 30.7 Å².